The molecule has 1 rings (SSSR count). The Morgan fingerprint density at radius 3 is 2.80 bits per heavy atom. The van der Waals surface area contributed by atoms with E-state index in [2.05, 4.69) is 66.3 Å². The van der Waals surface area contributed by atoms with Crippen molar-refractivity contribution < 1.29 is 4.79 Å². The Morgan fingerprint density at radius 2 is 2.20 bits per heavy atom. The van der Waals surface area contributed by atoms with Crippen LogP contribution >= 0.6 is 54.5 Å². The molecule has 1 aromatic carbocycles. The first kappa shape index (κ1) is 13.2. The van der Waals surface area contributed by atoms with E-state index in [1.807, 2.05) is 12.1 Å². The minimum Gasteiger partial charge on any atom is -0.347 e. The zero-order chi connectivity index (χ0) is 11.4. The Labute approximate surface area is 119 Å². The summed E-state index contributed by atoms with van der Waals surface area (Å²) >= 11 is 8.66. The zero-order valence-corrected chi connectivity index (χ0v) is 13.0. The van der Waals surface area contributed by atoms with Crippen LogP contribution in [-0.2, 0) is 0 Å². The molecular weight excluding hydrogens is 437 g/mol. The van der Waals surface area contributed by atoms with Crippen LogP contribution in [0.25, 0.3) is 0 Å². The smallest absolute Gasteiger partial charge is 0.252 e. The van der Waals surface area contributed by atoms with Gasteiger partial charge in [0.1, 0.15) is 0 Å². The van der Waals surface area contributed by atoms with E-state index < -0.39 is 0 Å². The number of rotatable bonds is 3. The molecule has 0 fully saturated rings. The summed E-state index contributed by atoms with van der Waals surface area (Å²) in [6.45, 7) is 4.08. The zero-order valence-electron chi connectivity index (χ0n) is 7.69. The molecule has 0 bridgehead atoms. The van der Waals surface area contributed by atoms with Gasteiger partial charge in [0.25, 0.3) is 5.91 Å². The molecule has 80 valence electrons. The fraction of sp³-hybridized carbons (Fsp3) is 0.100. The quantitative estimate of drug-likeness (QED) is 0.708. The van der Waals surface area contributed by atoms with Crippen molar-refractivity contribution >= 4 is 60.4 Å². The Bertz CT molecular complexity index is 406. The number of hydrogen-bond donors (Lipinski definition) is 1. The maximum atomic E-state index is 11.7. The molecule has 0 saturated carbocycles. The van der Waals surface area contributed by atoms with Crippen LogP contribution in [0.4, 0.5) is 0 Å². The number of halogens is 3. The first-order valence-corrected chi connectivity index (χ1v) is 6.73. The summed E-state index contributed by atoms with van der Waals surface area (Å²) in [6.07, 6.45) is 0. The normalized spacial score (nSPS) is 9.80. The molecule has 2 nitrogen and oxygen atoms in total. The molecular formula is C10H8Br2INO. The summed E-state index contributed by atoms with van der Waals surface area (Å²) in [4.78, 5) is 11.7. The van der Waals surface area contributed by atoms with Gasteiger partial charge < -0.3 is 5.32 Å². The SMILES string of the molecule is C=C(Br)CNC(=O)c1cc(Br)ccc1I. The molecule has 1 N–H and O–H groups in total. The molecule has 0 aliphatic rings. The lowest BCUT2D eigenvalue weighted by Crippen LogP contribution is -2.25. The third kappa shape index (κ3) is 4.24. The summed E-state index contributed by atoms with van der Waals surface area (Å²) in [5, 5.41) is 2.76. The fourth-order valence-corrected chi connectivity index (χ4v) is 2.02. The Balaban J connectivity index is 2.81. The molecule has 0 aliphatic heterocycles. The molecule has 0 saturated heterocycles. The summed E-state index contributed by atoms with van der Waals surface area (Å²) in [5.74, 6) is -0.0960. The van der Waals surface area contributed by atoms with Crippen LogP contribution in [0, 0.1) is 3.57 Å². The number of carbonyl (C=O) groups excluding carboxylic acids is 1. The molecule has 15 heavy (non-hydrogen) atoms. The highest BCUT2D eigenvalue weighted by Crippen LogP contribution is 2.18. The van der Waals surface area contributed by atoms with Gasteiger partial charge in [0.05, 0.1) is 5.56 Å². The number of hydrogen-bond acceptors (Lipinski definition) is 1. The van der Waals surface area contributed by atoms with Crippen molar-refractivity contribution in [3.63, 3.8) is 0 Å². The molecule has 0 unspecified atom stereocenters. The minimum atomic E-state index is -0.0960. The molecule has 1 amide bonds. The summed E-state index contributed by atoms with van der Waals surface area (Å²) in [7, 11) is 0. The molecule has 1 aromatic rings. The second kappa shape index (κ2) is 6.00. The van der Waals surface area contributed by atoms with Gasteiger partial charge in [-0.2, -0.15) is 0 Å². The van der Waals surface area contributed by atoms with Crippen LogP contribution in [0.15, 0.2) is 33.7 Å². The number of nitrogens with one attached hydrogen (secondary N) is 1. The van der Waals surface area contributed by atoms with Crippen LogP contribution < -0.4 is 5.32 Å². The van der Waals surface area contributed by atoms with Crippen molar-refractivity contribution in [3.05, 3.63) is 42.9 Å². The first-order chi connectivity index (χ1) is 7.00. The predicted molar refractivity (Wildman–Crippen MR) is 77.3 cm³/mol. The van der Waals surface area contributed by atoms with Crippen molar-refractivity contribution in [3.8, 4) is 0 Å². The average Bonchev–Trinajstić information content (AvgIpc) is 2.18. The summed E-state index contributed by atoms with van der Waals surface area (Å²) < 4.78 is 2.57. The van der Waals surface area contributed by atoms with E-state index in [4.69, 9.17) is 0 Å². The lowest BCUT2D eigenvalue weighted by molar-refractivity contribution is 0.0957. The lowest BCUT2D eigenvalue weighted by atomic mass is 10.2. The highest BCUT2D eigenvalue weighted by molar-refractivity contribution is 14.1. The van der Waals surface area contributed by atoms with E-state index in [0.29, 0.717) is 12.1 Å². The molecule has 0 spiro atoms. The number of benzene rings is 1. The van der Waals surface area contributed by atoms with Gasteiger partial charge >= 0.3 is 0 Å². The predicted octanol–water partition coefficient (Wildman–Crippen LogP) is 3.69. The monoisotopic (exact) mass is 443 g/mol. The molecule has 0 atom stereocenters. The molecule has 0 aliphatic carbocycles. The highest BCUT2D eigenvalue weighted by Gasteiger charge is 2.09. The van der Waals surface area contributed by atoms with Gasteiger partial charge in [0.15, 0.2) is 0 Å². The highest BCUT2D eigenvalue weighted by atomic mass is 127. The minimum absolute atomic E-state index is 0.0960. The molecule has 0 heterocycles. The van der Waals surface area contributed by atoms with Crippen molar-refractivity contribution in [2.24, 2.45) is 0 Å². The fourth-order valence-electron chi connectivity index (χ4n) is 0.943. The van der Waals surface area contributed by atoms with E-state index in [-0.39, 0.29) is 5.91 Å². The Hall–Kier alpha value is 0.120. The first-order valence-electron chi connectivity index (χ1n) is 4.07. The average molecular weight is 445 g/mol. The van der Waals surface area contributed by atoms with Gasteiger partial charge in [-0.3, -0.25) is 4.79 Å². The standard InChI is InChI=1S/C10H8Br2INO/c1-6(11)5-14-10(15)8-4-7(12)2-3-9(8)13/h2-4H,1,5H2,(H,14,15). The van der Waals surface area contributed by atoms with E-state index in [0.717, 1.165) is 12.5 Å². The largest absolute Gasteiger partial charge is 0.347 e. The third-order valence-corrected chi connectivity index (χ3v) is 3.33. The van der Waals surface area contributed by atoms with E-state index in [1.165, 1.54) is 0 Å². The second-order valence-electron chi connectivity index (χ2n) is 2.82. The van der Waals surface area contributed by atoms with Crippen LogP contribution in [-0.4, -0.2) is 12.5 Å². The molecule has 5 heteroatoms. The van der Waals surface area contributed by atoms with Crippen molar-refractivity contribution in [1.29, 1.82) is 0 Å². The lowest BCUT2D eigenvalue weighted by Gasteiger charge is -2.06. The number of carbonyl (C=O) groups is 1. The van der Waals surface area contributed by atoms with E-state index in [9.17, 15) is 4.79 Å². The van der Waals surface area contributed by atoms with Crippen molar-refractivity contribution in [1.82, 2.24) is 5.32 Å². The van der Waals surface area contributed by atoms with E-state index >= 15 is 0 Å². The topological polar surface area (TPSA) is 29.1 Å². The van der Waals surface area contributed by atoms with Crippen LogP contribution in [0.3, 0.4) is 0 Å². The third-order valence-electron chi connectivity index (χ3n) is 1.61. The van der Waals surface area contributed by atoms with Crippen LogP contribution in [0.5, 0.6) is 0 Å². The molecule has 0 radical (unpaired) electrons. The van der Waals surface area contributed by atoms with Crippen molar-refractivity contribution in [2.75, 3.05) is 6.54 Å². The van der Waals surface area contributed by atoms with Crippen LogP contribution in [0.1, 0.15) is 10.4 Å². The Kier molecular flexibility index (Phi) is 5.28. The summed E-state index contributed by atoms with van der Waals surface area (Å²) in [6, 6.07) is 5.60. The Morgan fingerprint density at radius 1 is 1.53 bits per heavy atom. The van der Waals surface area contributed by atoms with Gasteiger partial charge in [-0.05, 0) is 40.8 Å². The maximum Gasteiger partial charge on any atom is 0.252 e. The summed E-state index contributed by atoms with van der Waals surface area (Å²) in [5.41, 5.74) is 0.665. The van der Waals surface area contributed by atoms with Gasteiger partial charge in [0.2, 0.25) is 0 Å². The van der Waals surface area contributed by atoms with E-state index in [1.54, 1.807) is 6.07 Å². The maximum absolute atomic E-state index is 11.7. The van der Waals surface area contributed by atoms with Gasteiger partial charge in [-0.1, -0.05) is 38.4 Å². The molecule has 0 aromatic heterocycles. The van der Waals surface area contributed by atoms with Gasteiger partial charge in [-0.15, -0.1) is 0 Å². The number of amides is 1. The van der Waals surface area contributed by atoms with Crippen molar-refractivity contribution in [2.45, 2.75) is 0 Å². The second-order valence-corrected chi connectivity index (χ2v) is 6.02. The van der Waals surface area contributed by atoms with Crippen LogP contribution in [0.2, 0.25) is 0 Å². The van der Waals surface area contributed by atoms with Gasteiger partial charge in [0, 0.05) is 19.1 Å². The van der Waals surface area contributed by atoms with Gasteiger partial charge in [-0.25, -0.2) is 0 Å².